The molecular weight excluding hydrogens is 84.9 g/mol. The molecule has 0 heterocycles. The minimum atomic E-state index is 0.801. The van der Waals surface area contributed by atoms with Gasteiger partial charge in [0.15, 0.2) is 0 Å². The quantitative estimate of drug-likeness (QED) is 0.463. The van der Waals surface area contributed by atoms with Crippen LogP contribution in [0.4, 0.5) is 0 Å². The lowest BCUT2D eigenvalue weighted by Gasteiger charge is -2.08. The molecule has 42 valence electrons. The molecule has 0 aliphatic rings. The lowest BCUT2D eigenvalue weighted by atomic mass is 9.55. The Morgan fingerprint density at radius 1 is 1.29 bits per heavy atom. The van der Waals surface area contributed by atoms with Crippen molar-refractivity contribution in [2.45, 2.75) is 13.6 Å². The molecule has 0 aromatic carbocycles. The van der Waals surface area contributed by atoms with Crippen LogP contribution in [0.3, 0.4) is 0 Å². The summed E-state index contributed by atoms with van der Waals surface area (Å²) in [4.78, 5) is 2.20. The highest BCUT2D eigenvalue weighted by Crippen LogP contribution is 1.80. The van der Waals surface area contributed by atoms with Crippen LogP contribution in [-0.4, -0.2) is 32.2 Å². The van der Waals surface area contributed by atoms with Crippen molar-refractivity contribution in [3.8, 4) is 0 Å². The molecule has 0 saturated heterocycles. The molecule has 0 atom stereocenters. The highest BCUT2D eigenvalue weighted by atomic mass is 15.0. The highest BCUT2D eigenvalue weighted by Gasteiger charge is 1.96. The van der Waals surface area contributed by atoms with Crippen molar-refractivity contribution in [1.29, 1.82) is 0 Å². The first-order valence-corrected chi connectivity index (χ1v) is 2.77. The van der Waals surface area contributed by atoms with Crippen molar-refractivity contribution in [1.82, 2.24) is 4.90 Å². The van der Waals surface area contributed by atoms with Crippen molar-refractivity contribution < 1.29 is 0 Å². The summed E-state index contributed by atoms with van der Waals surface area (Å²) in [5.74, 6) is 0. The summed E-state index contributed by atoms with van der Waals surface area (Å²) < 4.78 is 0. The Morgan fingerprint density at radius 3 is 1.71 bits per heavy atom. The predicted molar refractivity (Wildman–Crippen MR) is 36.0 cm³/mol. The number of rotatable bonds is 2. The van der Waals surface area contributed by atoms with Crippen LogP contribution in [0.5, 0.6) is 0 Å². The average Bonchev–Trinajstić information content (AvgIpc) is 1.27. The Bertz CT molecular complexity index is 37.3. The summed E-state index contributed by atoms with van der Waals surface area (Å²) in [6, 6.07) is 0. The van der Waals surface area contributed by atoms with Gasteiger partial charge in [-0.3, -0.25) is 0 Å². The van der Waals surface area contributed by atoms with Crippen LogP contribution >= 0.6 is 0 Å². The molecule has 2 heteroatoms. The van der Waals surface area contributed by atoms with E-state index >= 15 is 0 Å². The zero-order valence-electron chi connectivity index (χ0n) is 5.73. The third-order valence-corrected chi connectivity index (χ3v) is 0.730. The Labute approximate surface area is 46.8 Å². The number of hydrogen-bond donors (Lipinski definition) is 0. The zero-order valence-corrected chi connectivity index (χ0v) is 5.73. The molecule has 0 fully saturated rings. The molecule has 0 radical (unpaired) electrons. The smallest absolute Gasteiger partial charge is 0.150 e. The van der Waals surface area contributed by atoms with Gasteiger partial charge in [0.1, 0.15) is 6.71 Å². The van der Waals surface area contributed by atoms with E-state index in [0.29, 0.717) is 0 Å². The van der Waals surface area contributed by atoms with Crippen LogP contribution < -0.4 is 0 Å². The standard InChI is InChI=1S/C5H14BN/c1-6(2)5-7(3)4/h5H2,1-4H3. The Kier molecular flexibility index (Phi) is 3.09. The van der Waals surface area contributed by atoms with E-state index in [4.69, 9.17) is 0 Å². The first kappa shape index (κ1) is 7.02. The number of hydrogen-bond acceptors (Lipinski definition) is 1. The van der Waals surface area contributed by atoms with Crippen LogP contribution in [0, 0.1) is 0 Å². The molecule has 0 bridgehead atoms. The van der Waals surface area contributed by atoms with Gasteiger partial charge < -0.3 is 4.90 Å². The molecule has 7 heavy (non-hydrogen) atoms. The van der Waals surface area contributed by atoms with E-state index in [1.807, 2.05) is 0 Å². The highest BCUT2D eigenvalue weighted by molar-refractivity contribution is 6.55. The molecule has 0 rings (SSSR count). The second kappa shape index (κ2) is 3.08. The van der Waals surface area contributed by atoms with Gasteiger partial charge in [0, 0.05) is 0 Å². The fourth-order valence-corrected chi connectivity index (χ4v) is 0.730. The van der Waals surface area contributed by atoms with Crippen LogP contribution in [0.1, 0.15) is 0 Å². The predicted octanol–water partition coefficient (Wildman–Crippen LogP) is 0.842. The van der Waals surface area contributed by atoms with E-state index in [1.54, 1.807) is 0 Å². The second-order valence-corrected chi connectivity index (χ2v) is 2.66. The Hall–Kier alpha value is 0.0249. The minimum Gasteiger partial charge on any atom is -0.317 e. The van der Waals surface area contributed by atoms with Gasteiger partial charge in [-0.05, 0) is 20.5 Å². The third-order valence-electron chi connectivity index (χ3n) is 0.730. The Morgan fingerprint density at radius 2 is 1.71 bits per heavy atom. The van der Waals surface area contributed by atoms with Crippen LogP contribution in [0.15, 0.2) is 0 Å². The summed E-state index contributed by atoms with van der Waals surface area (Å²) in [7, 11) is 4.19. The summed E-state index contributed by atoms with van der Waals surface area (Å²) in [6.45, 7) is 5.25. The maximum absolute atomic E-state index is 2.22. The molecule has 0 saturated carbocycles. The maximum Gasteiger partial charge on any atom is 0.150 e. The Balaban J connectivity index is 2.95. The second-order valence-electron chi connectivity index (χ2n) is 2.66. The van der Waals surface area contributed by atoms with Crippen molar-refractivity contribution in [3.63, 3.8) is 0 Å². The molecule has 0 spiro atoms. The van der Waals surface area contributed by atoms with E-state index in [9.17, 15) is 0 Å². The zero-order chi connectivity index (χ0) is 5.86. The third kappa shape index (κ3) is 6.02. The van der Waals surface area contributed by atoms with Crippen molar-refractivity contribution >= 4 is 6.71 Å². The molecule has 1 nitrogen and oxygen atoms in total. The molecule has 0 aliphatic carbocycles. The number of nitrogens with zero attached hydrogens (tertiary/aromatic N) is 1. The SMILES string of the molecule is CB(C)CN(C)C. The normalized spacial score (nSPS) is 9.86. The first-order valence-electron chi connectivity index (χ1n) is 2.77. The average molecular weight is 99.0 g/mol. The van der Waals surface area contributed by atoms with Crippen molar-refractivity contribution in [3.05, 3.63) is 0 Å². The largest absolute Gasteiger partial charge is 0.317 e. The van der Waals surface area contributed by atoms with Crippen LogP contribution in [0.2, 0.25) is 13.6 Å². The maximum atomic E-state index is 2.22. The summed E-state index contributed by atoms with van der Waals surface area (Å²) in [5, 5.41) is 0. The van der Waals surface area contributed by atoms with Gasteiger partial charge >= 0.3 is 0 Å². The van der Waals surface area contributed by atoms with Gasteiger partial charge in [-0.1, -0.05) is 13.6 Å². The molecule has 0 amide bonds. The van der Waals surface area contributed by atoms with Gasteiger partial charge in [0.25, 0.3) is 0 Å². The minimum absolute atomic E-state index is 0.801. The summed E-state index contributed by atoms with van der Waals surface area (Å²) in [6.07, 6.45) is 1.19. The molecular formula is C5H14BN. The van der Waals surface area contributed by atoms with Gasteiger partial charge in [-0.15, -0.1) is 0 Å². The lowest BCUT2D eigenvalue weighted by Crippen LogP contribution is -2.24. The molecule has 0 unspecified atom stereocenters. The van der Waals surface area contributed by atoms with E-state index in [1.165, 1.54) is 6.44 Å². The molecule has 0 aromatic heterocycles. The van der Waals surface area contributed by atoms with Gasteiger partial charge in [0.05, 0.1) is 0 Å². The van der Waals surface area contributed by atoms with Gasteiger partial charge in [0.2, 0.25) is 0 Å². The molecule has 0 N–H and O–H groups in total. The van der Waals surface area contributed by atoms with Gasteiger partial charge in [-0.2, -0.15) is 0 Å². The van der Waals surface area contributed by atoms with E-state index in [0.717, 1.165) is 6.71 Å². The molecule has 0 aliphatic heterocycles. The van der Waals surface area contributed by atoms with E-state index < -0.39 is 0 Å². The fourth-order valence-electron chi connectivity index (χ4n) is 0.730. The fraction of sp³-hybridized carbons (Fsp3) is 1.00. The van der Waals surface area contributed by atoms with Gasteiger partial charge in [-0.25, -0.2) is 0 Å². The van der Waals surface area contributed by atoms with E-state index in [2.05, 4.69) is 32.6 Å². The molecule has 0 aromatic rings. The topological polar surface area (TPSA) is 3.24 Å². The summed E-state index contributed by atoms with van der Waals surface area (Å²) >= 11 is 0. The monoisotopic (exact) mass is 99.1 g/mol. The lowest BCUT2D eigenvalue weighted by molar-refractivity contribution is 0.475. The van der Waals surface area contributed by atoms with Crippen LogP contribution in [-0.2, 0) is 0 Å². The first-order chi connectivity index (χ1) is 3.13. The summed E-state index contributed by atoms with van der Waals surface area (Å²) in [5.41, 5.74) is 0. The van der Waals surface area contributed by atoms with Crippen molar-refractivity contribution in [2.75, 3.05) is 20.5 Å². The van der Waals surface area contributed by atoms with Crippen LogP contribution in [0.25, 0.3) is 0 Å². The van der Waals surface area contributed by atoms with Crippen molar-refractivity contribution in [2.24, 2.45) is 0 Å². The van der Waals surface area contributed by atoms with E-state index in [-0.39, 0.29) is 0 Å².